The van der Waals surface area contributed by atoms with Crippen molar-refractivity contribution in [3.63, 3.8) is 0 Å². The predicted octanol–water partition coefficient (Wildman–Crippen LogP) is 0.771. The van der Waals surface area contributed by atoms with E-state index in [9.17, 15) is 9.59 Å². The maximum Gasteiger partial charge on any atom is 0.308 e. The number of piperidine rings is 1. The zero-order chi connectivity index (χ0) is 13.7. The molecular formula is C13H24N2O3. The summed E-state index contributed by atoms with van der Waals surface area (Å²) in [5, 5.41) is 0. The molecule has 0 spiro atoms. The number of carbonyl (C=O) groups excluding carboxylic acids is 2. The number of methoxy groups -OCH3 is 1. The van der Waals surface area contributed by atoms with Crippen LogP contribution in [0.15, 0.2) is 0 Å². The number of esters is 1. The van der Waals surface area contributed by atoms with Gasteiger partial charge in [0.1, 0.15) is 0 Å². The Morgan fingerprint density at radius 2 is 1.89 bits per heavy atom. The maximum atomic E-state index is 12.1. The molecule has 5 nitrogen and oxygen atoms in total. The molecule has 104 valence electrons. The Morgan fingerprint density at radius 1 is 1.33 bits per heavy atom. The summed E-state index contributed by atoms with van der Waals surface area (Å²) in [6.07, 6.45) is 2.05. The normalized spacial score (nSPS) is 18.8. The molecule has 5 heteroatoms. The Bertz CT molecular complexity index is 297. The van der Waals surface area contributed by atoms with Crippen LogP contribution < -0.4 is 5.73 Å². The van der Waals surface area contributed by atoms with Gasteiger partial charge in [-0.3, -0.25) is 9.59 Å². The van der Waals surface area contributed by atoms with E-state index in [1.807, 2.05) is 0 Å². The number of ether oxygens (including phenoxy) is 1. The van der Waals surface area contributed by atoms with Gasteiger partial charge in [0.25, 0.3) is 0 Å². The number of rotatable bonds is 4. The molecule has 0 radical (unpaired) electrons. The second-order valence-corrected chi connectivity index (χ2v) is 5.36. The van der Waals surface area contributed by atoms with Crippen LogP contribution in [0.25, 0.3) is 0 Å². The van der Waals surface area contributed by atoms with Crippen LogP contribution in [0.1, 0.15) is 33.1 Å². The van der Waals surface area contributed by atoms with Gasteiger partial charge in [0, 0.05) is 13.1 Å². The smallest absolute Gasteiger partial charge is 0.308 e. The van der Waals surface area contributed by atoms with Crippen molar-refractivity contribution < 1.29 is 14.3 Å². The van der Waals surface area contributed by atoms with Gasteiger partial charge >= 0.3 is 5.97 Å². The Hall–Kier alpha value is -1.10. The summed E-state index contributed by atoms with van der Waals surface area (Å²) in [7, 11) is 1.40. The van der Waals surface area contributed by atoms with Crippen molar-refractivity contribution in [3.8, 4) is 0 Å². The lowest BCUT2D eigenvalue weighted by Gasteiger charge is -2.32. The zero-order valence-corrected chi connectivity index (χ0v) is 11.5. The number of nitrogens with two attached hydrogens (primary N) is 1. The molecule has 0 aromatic heterocycles. The molecule has 1 heterocycles. The first-order chi connectivity index (χ1) is 8.45. The molecule has 1 saturated heterocycles. The van der Waals surface area contributed by atoms with E-state index >= 15 is 0 Å². The van der Waals surface area contributed by atoms with Crippen LogP contribution >= 0.6 is 0 Å². The minimum absolute atomic E-state index is 0.00650. The molecule has 0 bridgehead atoms. The maximum absolute atomic E-state index is 12.1. The molecule has 1 amide bonds. The predicted molar refractivity (Wildman–Crippen MR) is 68.8 cm³/mol. The van der Waals surface area contributed by atoms with Crippen molar-refractivity contribution in [2.24, 2.45) is 17.6 Å². The van der Waals surface area contributed by atoms with E-state index in [1.165, 1.54) is 7.11 Å². The largest absolute Gasteiger partial charge is 0.469 e. The van der Waals surface area contributed by atoms with Crippen LogP contribution in [0, 0.1) is 11.8 Å². The van der Waals surface area contributed by atoms with Crippen molar-refractivity contribution in [1.29, 1.82) is 0 Å². The summed E-state index contributed by atoms with van der Waals surface area (Å²) in [4.78, 5) is 25.2. The number of hydrogen-bond acceptors (Lipinski definition) is 4. The lowest BCUT2D eigenvalue weighted by molar-refractivity contribution is -0.149. The van der Waals surface area contributed by atoms with Crippen molar-refractivity contribution in [3.05, 3.63) is 0 Å². The highest BCUT2D eigenvalue weighted by Gasteiger charge is 2.29. The summed E-state index contributed by atoms with van der Waals surface area (Å²) in [5.41, 5.74) is 5.89. The lowest BCUT2D eigenvalue weighted by atomic mass is 9.95. The van der Waals surface area contributed by atoms with Crippen LogP contribution in [0.4, 0.5) is 0 Å². The number of likely N-dealkylation sites (tertiary alicyclic amines) is 1. The molecule has 0 aromatic carbocycles. The molecule has 1 aliphatic rings. The Balaban J connectivity index is 2.42. The average Bonchev–Trinajstić information content (AvgIpc) is 2.36. The summed E-state index contributed by atoms with van der Waals surface area (Å²) in [5.74, 6) is 0.178. The first kappa shape index (κ1) is 15.0. The standard InChI is InChI=1S/C13H24N2O3/c1-9(2)8-11(14)12(16)15-6-4-10(5-7-15)13(17)18-3/h9-11H,4-8,14H2,1-3H3/t11-/m1/s1. The Morgan fingerprint density at radius 3 is 2.33 bits per heavy atom. The van der Waals surface area contributed by atoms with Gasteiger partial charge in [0.2, 0.25) is 5.91 Å². The van der Waals surface area contributed by atoms with E-state index in [1.54, 1.807) is 4.90 Å². The Kier molecular flexibility index (Phi) is 5.59. The van der Waals surface area contributed by atoms with Crippen molar-refractivity contribution in [2.45, 2.75) is 39.2 Å². The van der Waals surface area contributed by atoms with E-state index in [-0.39, 0.29) is 17.8 Å². The first-order valence-corrected chi connectivity index (χ1v) is 6.58. The molecule has 0 aliphatic carbocycles. The van der Waals surface area contributed by atoms with Gasteiger partial charge in [-0.05, 0) is 25.2 Å². The molecular weight excluding hydrogens is 232 g/mol. The second kappa shape index (κ2) is 6.73. The number of carbonyl (C=O) groups is 2. The summed E-state index contributed by atoms with van der Waals surface area (Å²) in [6.45, 7) is 5.31. The van der Waals surface area contributed by atoms with E-state index in [2.05, 4.69) is 13.8 Å². The SMILES string of the molecule is COC(=O)C1CCN(C(=O)[C@H](N)CC(C)C)CC1. The number of hydrogen-bond donors (Lipinski definition) is 1. The zero-order valence-electron chi connectivity index (χ0n) is 11.5. The third-order valence-corrected chi connectivity index (χ3v) is 3.38. The molecule has 2 N–H and O–H groups in total. The van der Waals surface area contributed by atoms with Crippen LogP contribution in [0.5, 0.6) is 0 Å². The lowest BCUT2D eigenvalue weighted by Crippen LogP contribution is -2.48. The molecule has 1 atom stereocenters. The molecule has 1 rings (SSSR count). The fourth-order valence-electron chi connectivity index (χ4n) is 2.35. The van der Waals surface area contributed by atoms with Crippen molar-refractivity contribution in [1.82, 2.24) is 4.90 Å². The third kappa shape index (κ3) is 3.98. The van der Waals surface area contributed by atoms with Gasteiger partial charge in [-0.2, -0.15) is 0 Å². The summed E-state index contributed by atoms with van der Waals surface area (Å²) in [6, 6.07) is -0.417. The van der Waals surface area contributed by atoms with Gasteiger partial charge in [-0.1, -0.05) is 13.8 Å². The number of amides is 1. The highest BCUT2D eigenvalue weighted by atomic mass is 16.5. The van der Waals surface area contributed by atoms with E-state index < -0.39 is 6.04 Å². The van der Waals surface area contributed by atoms with Gasteiger partial charge in [-0.15, -0.1) is 0 Å². The second-order valence-electron chi connectivity index (χ2n) is 5.36. The Labute approximate surface area is 109 Å². The van der Waals surface area contributed by atoms with E-state index in [4.69, 9.17) is 10.5 Å². The molecule has 0 saturated carbocycles. The van der Waals surface area contributed by atoms with Crippen LogP contribution in [0.2, 0.25) is 0 Å². The average molecular weight is 256 g/mol. The quantitative estimate of drug-likeness (QED) is 0.754. The summed E-state index contributed by atoms with van der Waals surface area (Å²) >= 11 is 0. The minimum atomic E-state index is -0.417. The van der Waals surface area contributed by atoms with Gasteiger partial charge in [0.15, 0.2) is 0 Å². The molecule has 18 heavy (non-hydrogen) atoms. The van der Waals surface area contributed by atoms with Gasteiger partial charge < -0.3 is 15.4 Å². The number of nitrogens with zero attached hydrogens (tertiary/aromatic N) is 1. The minimum Gasteiger partial charge on any atom is -0.469 e. The molecule has 0 unspecified atom stereocenters. The van der Waals surface area contributed by atoms with Crippen LogP contribution in [-0.2, 0) is 14.3 Å². The first-order valence-electron chi connectivity index (χ1n) is 6.58. The van der Waals surface area contributed by atoms with Crippen molar-refractivity contribution in [2.75, 3.05) is 20.2 Å². The summed E-state index contributed by atoms with van der Waals surface area (Å²) < 4.78 is 4.72. The highest BCUT2D eigenvalue weighted by Crippen LogP contribution is 2.19. The van der Waals surface area contributed by atoms with Crippen LogP contribution in [-0.4, -0.2) is 43.0 Å². The van der Waals surface area contributed by atoms with Crippen molar-refractivity contribution >= 4 is 11.9 Å². The van der Waals surface area contributed by atoms with Gasteiger partial charge in [0.05, 0.1) is 19.1 Å². The molecule has 1 aliphatic heterocycles. The van der Waals surface area contributed by atoms with Gasteiger partial charge in [-0.25, -0.2) is 0 Å². The highest BCUT2D eigenvalue weighted by molar-refractivity contribution is 5.82. The van der Waals surface area contributed by atoms with E-state index in [0.29, 0.717) is 38.3 Å². The topological polar surface area (TPSA) is 72.6 Å². The molecule has 0 aromatic rings. The fraction of sp³-hybridized carbons (Fsp3) is 0.846. The third-order valence-electron chi connectivity index (χ3n) is 3.38. The fourth-order valence-corrected chi connectivity index (χ4v) is 2.35. The molecule has 1 fully saturated rings. The van der Waals surface area contributed by atoms with Crippen LogP contribution in [0.3, 0.4) is 0 Å². The van der Waals surface area contributed by atoms with E-state index in [0.717, 1.165) is 0 Å². The monoisotopic (exact) mass is 256 g/mol.